The first-order valence-corrected chi connectivity index (χ1v) is 11.9. The van der Waals surface area contributed by atoms with Gasteiger partial charge in [-0.3, -0.25) is 19.4 Å². The zero-order valence-electron chi connectivity index (χ0n) is 20.5. The van der Waals surface area contributed by atoms with Gasteiger partial charge in [-0.2, -0.15) is 0 Å². The summed E-state index contributed by atoms with van der Waals surface area (Å²) in [4.78, 5) is 31.6. The molecule has 0 unspecified atom stereocenters. The summed E-state index contributed by atoms with van der Waals surface area (Å²) >= 11 is 0. The molecule has 1 aliphatic heterocycles. The first-order chi connectivity index (χ1) is 15.8. The molecule has 0 radical (unpaired) electrons. The summed E-state index contributed by atoms with van der Waals surface area (Å²) in [7, 11) is 0. The summed E-state index contributed by atoms with van der Waals surface area (Å²) in [5.41, 5.74) is 2.27. The predicted molar refractivity (Wildman–Crippen MR) is 133 cm³/mol. The average molecular weight is 451 g/mol. The van der Waals surface area contributed by atoms with Gasteiger partial charge >= 0.3 is 0 Å². The molecular weight excluding hydrogens is 412 g/mol. The van der Waals surface area contributed by atoms with Crippen LogP contribution in [-0.4, -0.2) is 77.9 Å². The summed E-state index contributed by atoms with van der Waals surface area (Å²) in [6, 6.07) is 21.3. The van der Waals surface area contributed by atoms with Gasteiger partial charge in [0.2, 0.25) is 11.8 Å². The average Bonchev–Trinajstić information content (AvgIpc) is 2.79. The van der Waals surface area contributed by atoms with Crippen LogP contribution in [0.5, 0.6) is 0 Å². The van der Waals surface area contributed by atoms with Gasteiger partial charge in [0.1, 0.15) is 0 Å². The van der Waals surface area contributed by atoms with E-state index in [9.17, 15) is 9.59 Å². The molecule has 0 saturated carbocycles. The molecule has 1 saturated heterocycles. The van der Waals surface area contributed by atoms with E-state index in [4.69, 9.17) is 0 Å². The van der Waals surface area contributed by atoms with Gasteiger partial charge < -0.3 is 10.2 Å². The number of hydrogen-bond donors (Lipinski definition) is 1. The van der Waals surface area contributed by atoms with E-state index in [0.29, 0.717) is 19.6 Å². The second-order valence-electron chi connectivity index (χ2n) is 9.74. The number of nitrogens with one attached hydrogen (secondary N) is 1. The van der Waals surface area contributed by atoms with Crippen LogP contribution in [0.4, 0.5) is 0 Å². The minimum absolute atomic E-state index is 0.0458. The molecule has 0 aromatic heterocycles. The van der Waals surface area contributed by atoms with Gasteiger partial charge in [-0.25, -0.2) is 0 Å². The third kappa shape index (κ3) is 7.41. The molecule has 1 fully saturated rings. The maximum absolute atomic E-state index is 13.0. The highest BCUT2D eigenvalue weighted by Crippen LogP contribution is 2.29. The van der Waals surface area contributed by atoms with Crippen LogP contribution in [0.3, 0.4) is 0 Å². The molecule has 33 heavy (non-hydrogen) atoms. The van der Waals surface area contributed by atoms with Crippen molar-refractivity contribution in [3.05, 3.63) is 71.8 Å². The lowest BCUT2D eigenvalue weighted by Gasteiger charge is -2.40. The summed E-state index contributed by atoms with van der Waals surface area (Å²) in [5.74, 6) is 0.0477. The minimum Gasteiger partial charge on any atom is -0.350 e. The molecule has 6 heteroatoms. The number of rotatable bonds is 8. The molecule has 178 valence electrons. The third-order valence-corrected chi connectivity index (χ3v) is 5.95. The molecule has 0 aliphatic carbocycles. The maximum Gasteiger partial charge on any atom is 0.236 e. The van der Waals surface area contributed by atoms with Crippen molar-refractivity contribution in [3.63, 3.8) is 0 Å². The Labute approximate surface area is 198 Å². The molecule has 0 atom stereocenters. The SMILES string of the molecule is CCN(CC(=O)NC(C)(C)C)CC(=O)N1CCN(C(c2ccccc2)c2ccccc2)CC1. The molecule has 0 bridgehead atoms. The zero-order chi connectivity index (χ0) is 23.8. The van der Waals surface area contributed by atoms with Crippen molar-refractivity contribution in [2.24, 2.45) is 0 Å². The van der Waals surface area contributed by atoms with E-state index in [2.05, 4.69) is 58.7 Å². The Hall–Kier alpha value is -2.70. The van der Waals surface area contributed by atoms with Crippen molar-refractivity contribution >= 4 is 11.8 Å². The Kier molecular flexibility index (Phi) is 8.64. The fourth-order valence-electron chi connectivity index (χ4n) is 4.35. The fourth-order valence-corrected chi connectivity index (χ4v) is 4.35. The fraction of sp³-hybridized carbons (Fsp3) is 0.481. The Morgan fingerprint density at radius 1 is 0.879 bits per heavy atom. The maximum atomic E-state index is 13.0. The van der Waals surface area contributed by atoms with Crippen molar-refractivity contribution in [2.75, 3.05) is 45.8 Å². The highest BCUT2D eigenvalue weighted by Gasteiger charge is 2.29. The summed E-state index contributed by atoms with van der Waals surface area (Å²) < 4.78 is 0. The first kappa shape index (κ1) is 24.9. The molecular formula is C27H38N4O2. The van der Waals surface area contributed by atoms with Crippen LogP contribution in [0.15, 0.2) is 60.7 Å². The van der Waals surface area contributed by atoms with E-state index in [-0.39, 0.29) is 36.5 Å². The normalized spacial score (nSPS) is 15.2. The molecule has 0 spiro atoms. The van der Waals surface area contributed by atoms with Crippen molar-refractivity contribution in [1.29, 1.82) is 0 Å². The molecule has 1 aliphatic rings. The lowest BCUT2D eigenvalue weighted by molar-refractivity contribution is -0.135. The standard InChI is InChI=1S/C27H38N4O2/c1-5-29(20-24(32)28-27(2,3)4)21-25(33)30-16-18-31(19-17-30)26(22-12-8-6-9-13-22)23-14-10-7-11-15-23/h6-15,26H,5,16-21H2,1-4H3,(H,28,32). The van der Waals surface area contributed by atoms with Gasteiger partial charge in [0.05, 0.1) is 19.1 Å². The number of piperazine rings is 1. The monoisotopic (exact) mass is 450 g/mol. The van der Waals surface area contributed by atoms with E-state index in [1.165, 1.54) is 11.1 Å². The molecule has 1 heterocycles. The Balaban J connectivity index is 1.59. The zero-order valence-corrected chi connectivity index (χ0v) is 20.5. The van der Waals surface area contributed by atoms with Gasteiger partial charge in [-0.1, -0.05) is 67.6 Å². The smallest absolute Gasteiger partial charge is 0.236 e. The minimum atomic E-state index is -0.273. The molecule has 6 nitrogen and oxygen atoms in total. The van der Waals surface area contributed by atoms with Gasteiger partial charge in [0, 0.05) is 31.7 Å². The van der Waals surface area contributed by atoms with Crippen LogP contribution in [0, 0.1) is 0 Å². The quantitative estimate of drug-likeness (QED) is 0.671. The van der Waals surface area contributed by atoms with Crippen LogP contribution in [-0.2, 0) is 9.59 Å². The van der Waals surface area contributed by atoms with Gasteiger partial charge in [-0.15, -0.1) is 0 Å². The second kappa shape index (κ2) is 11.4. The number of benzene rings is 2. The molecule has 2 aromatic rings. The predicted octanol–water partition coefficient (Wildman–Crippen LogP) is 3.16. The highest BCUT2D eigenvalue weighted by molar-refractivity contribution is 5.81. The van der Waals surface area contributed by atoms with Crippen molar-refractivity contribution in [2.45, 2.75) is 39.3 Å². The Morgan fingerprint density at radius 2 is 1.39 bits per heavy atom. The van der Waals surface area contributed by atoms with Crippen molar-refractivity contribution < 1.29 is 9.59 Å². The number of carbonyl (C=O) groups is 2. The second-order valence-corrected chi connectivity index (χ2v) is 9.74. The summed E-state index contributed by atoms with van der Waals surface area (Å²) in [6.45, 7) is 12.1. The van der Waals surface area contributed by atoms with E-state index in [1.807, 2.05) is 49.6 Å². The molecule has 3 rings (SSSR count). The van der Waals surface area contributed by atoms with Crippen LogP contribution < -0.4 is 5.32 Å². The topological polar surface area (TPSA) is 55.9 Å². The van der Waals surface area contributed by atoms with Gasteiger partial charge in [0.15, 0.2) is 0 Å². The van der Waals surface area contributed by atoms with E-state index < -0.39 is 0 Å². The molecule has 2 amide bonds. The van der Waals surface area contributed by atoms with Crippen LogP contribution in [0.25, 0.3) is 0 Å². The number of amides is 2. The number of carbonyl (C=O) groups excluding carboxylic acids is 2. The van der Waals surface area contributed by atoms with Crippen LogP contribution in [0.2, 0.25) is 0 Å². The number of nitrogens with zero attached hydrogens (tertiary/aromatic N) is 3. The van der Waals surface area contributed by atoms with Crippen LogP contribution in [0.1, 0.15) is 44.9 Å². The first-order valence-electron chi connectivity index (χ1n) is 11.9. The number of hydrogen-bond acceptors (Lipinski definition) is 4. The lowest BCUT2D eigenvalue weighted by Crippen LogP contribution is -2.53. The van der Waals surface area contributed by atoms with Crippen LogP contribution >= 0.6 is 0 Å². The number of likely N-dealkylation sites (N-methyl/N-ethyl adjacent to an activating group) is 1. The highest BCUT2D eigenvalue weighted by atomic mass is 16.2. The Morgan fingerprint density at radius 3 is 1.85 bits per heavy atom. The third-order valence-electron chi connectivity index (χ3n) is 5.95. The molecule has 2 aromatic carbocycles. The Bertz CT molecular complexity index is 848. The van der Waals surface area contributed by atoms with Gasteiger partial charge in [0.25, 0.3) is 0 Å². The van der Waals surface area contributed by atoms with E-state index in [0.717, 1.165) is 13.1 Å². The lowest BCUT2D eigenvalue weighted by atomic mass is 9.96. The summed E-state index contributed by atoms with van der Waals surface area (Å²) in [5, 5.41) is 2.97. The molecule has 1 N–H and O–H groups in total. The summed E-state index contributed by atoms with van der Waals surface area (Å²) in [6.07, 6.45) is 0. The largest absolute Gasteiger partial charge is 0.350 e. The van der Waals surface area contributed by atoms with Gasteiger partial charge in [-0.05, 0) is 38.4 Å². The van der Waals surface area contributed by atoms with Crippen molar-refractivity contribution in [3.8, 4) is 0 Å². The van der Waals surface area contributed by atoms with E-state index >= 15 is 0 Å². The van der Waals surface area contributed by atoms with Crippen molar-refractivity contribution in [1.82, 2.24) is 20.0 Å². The van der Waals surface area contributed by atoms with E-state index in [1.54, 1.807) is 0 Å².